The summed E-state index contributed by atoms with van der Waals surface area (Å²) >= 11 is 1.95. The van der Waals surface area contributed by atoms with Gasteiger partial charge in [0, 0.05) is 6.54 Å². The molecule has 2 N–H and O–H groups in total. The average Bonchev–Trinajstić information content (AvgIpc) is 2.85. The lowest BCUT2D eigenvalue weighted by Gasteiger charge is -2.14. The first-order valence-corrected chi connectivity index (χ1v) is 7.24. The standard InChI is InChI=1S/C13H17F2NOS/c14-11-2-1-10(5-12(11)15)13(17)7-16-6-9-3-4-18-8-9/h1-2,5,9,13,16-17H,3-4,6-8H2. The molecule has 18 heavy (non-hydrogen) atoms. The van der Waals surface area contributed by atoms with Crippen molar-refractivity contribution in [2.45, 2.75) is 12.5 Å². The highest BCUT2D eigenvalue weighted by Crippen LogP contribution is 2.22. The van der Waals surface area contributed by atoms with Crippen molar-refractivity contribution < 1.29 is 13.9 Å². The molecule has 1 aromatic rings. The molecule has 1 heterocycles. The summed E-state index contributed by atoms with van der Waals surface area (Å²) in [5, 5.41) is 13.0. The van der Waals surface area contributed by atoms with Crippen LogP contribution in [0.4, 0.5) is 8.78 Å². The number of aliphatic hydroxyl groups excluding tert-OH is 1. The normalized spacial score (nSPS) is 21.2. The predicted molar refractivity (Wildman–Crippen MR) is 69.6 cm³/mol. The maximum absolute atomic E-state index is 13.0. The van der Waals surface area contributed by atoms with Gasteiger partial charge in [0.25, 0.3) is 0 Å². The molecule has 100 valence electrons. The van der Waals surface area contributed by atoms with Crippen LogP contribution in [-0.4, -0.2) is 29.7 Å². The molecule has 0 radical (unpaired) electrons. The molecule has 2 unspecified atom stereocenters. The van der Waals surface area contributed by atoms with E-state index in [0.717, 1.165) is 24.4 Å². The third-order valence-electron chi connectivity index (χ3n) is 3.12. The summed E-state index contributed by atoms with van der Waals surface area (Å²) in [6, 6.07) is 3.50. The highest BCUT2D eigenvalue weighted by atomic mass is 32.2. The number of hydrogen-bond acceptors (Lipinski definition) is 3. The molecule has 1 aliphatic heterocycles. The van der Waals surface area contributed by atoms with Gasteiger partial charge in [-0.25, -0.2) is 8.78 Å². The largest absolute Gasteiger partial charge is 0.387 e. The van der Waals surface area contributed by atoms with Crippen LogP contribution < -0.4 is 5.32 Å². The Morgan fingerprint density at radius 2 is 2.22 bits per heavy atom. The second kappa shape index (κ2) is 6.50. The number of aliphatic hydroxyl groups is 1. The highest BCUT2D eigenvalue weighted by molar-refractivity contribution is 7.99. The van der Waals surface area contributed by atoms with Crippen molar-refractivity contribution >= 4 is 11.8 Å². The highest BCUT2D eigenvalue weighted by Gasteiger charge is 2.16. The third-order valence-corrected chi connectivity index (χ3v) is 4.35. The zero-order valence-corrected chi connectivity index (χ0v) is 10.9. The van der Waals surface area contributed by atoms with Crippen molar-refractivity contribution in [3.05, 3.63) is 35.4 Å². The second-order valence-corrected chi connectivity index (χ2v) is 5.73. The maximum atomic E-state index is 13.0. The number of benzene rings is 1. The monoisotopic (exact) mass is 273 g/mol. The molecule has 0 spiro atoms. The van der Waals surface area contributed by atoms with Crippen molar-refractivity contribution in [1.29, 1.82) is 0 Å². The molecule has 0 bridgehead atoms. The van der Waals surface area contributed by atoms with Gasteiger partial charge in [0.15, 0.2) is 11.6 Å². The first kappa shape index (κ1) is 13.8. The van der Waals surface area contributed by atoms with E-state index < -0.39 is 17.7 Å². The van der Waals surface area contributed by atoms with Crippen LogP contribution in [-0.2, 0) is 0 Å². The molecule has 1 saturated heterocycles. The lowest BCUT2D eigenvalue weighted by molar-refractivity contribution is 0.172. The van der Waals surface area contributed by atoms with Gasteiger partial charge in [0.05, 0.1) is 6.10 Å². The van der Waals surface area contributed by atoms with Crippen LogP contribution in [0.25, 0.3) is 0 Å². The summed E-state index contributed by atoms with van der Waals surface area (Å²) in [6.45, 7) is 1.24. The summed E-state index contributed by atoms with van der Waals surface area (Å²) in [5.74, 6) is 1.22. The van der Waals surface area contributed by atoms with Crippen LogP contribution in [0.2, 0.25) is 0 Å². The fourth-order valence-electron chi connectivity index (χ4n) is 2.01. The molecule has 5 heteroatoms. The van der Waals surface area contributed by atoms with Crippen LogP contribution in [0.3, 0.4) is 0 Å². The summed E-state index contributed by atoms with van der Waals surface area (Å²) in [6.07, 6.45) is 0.410. The van der Waals surface area contributed by atoms with Crippen LogP contribution in [0, 0.1) is 17.6 Å². The van der Waals surface area contributed by atoms with Crippen molar-refractivity contribution in [3.63, 3.8) is 0 Å². The van der Waals surface area contributed by atoms with Gasteiger partial charge >= 0.3 is 0 Å². The number of halogens is 2. The van der Waals surface area contributed by atoms with Crippen molar-refractivity contribution in [3.8, 4) is 0 Å². The Labute approximate surface area is 110 Å². The van der Waals surface area contributed by atoms with Gasteiger partial charge in [-0.15, -0.1) is 0 Å². The molecule has 2 atom stereocenters. The first-order chi connectivity index (χ1) is 8.66. The fraction of sp³-hybridized carbons (Fsp3) is 0.538. The van der Waals surface area contributed by atoms with E-state index in [2.05, 4.69) is 5.32 Å². The van der Waals surface area contributed by atoms with Crippen molar-refractivity contribution in [2.24, 2.45) is 5.92 Å². The van der Waals surface area contributed by atoms with Crippen molar-refractivity contribution in [1.82, 2.24) is 5.32 Å². The van der Waals surface area contributed by atoms with E-state index in [1.807, 2.05) is 11.8 Å². The molecule has 1 fully saturated rings. The van der Waals surface area contributed by atoms with Gasteiger partial charge in [0.2, 0.25) is 0 Å². The van der Waals surface area contributed by atoms with Crippen LogP contribution in [0.5, 0.6) is 0 Å². The zero-order chi connectivity index (χ0) is 13.0. The van der Waals surface area contributed by atoms with Gasteiger partial charge in [0.1, 0.15) is 0 Å². The minimum Gasteiger partial charge on any atom is -0.387 e. The summed E-state index contributed by atoms with van der Waals surface area (Å²) in [7, 11) is 0. The number of hydrogen-bond donors (Lipinski definition) is 2. The van der Waals surface area contributed by atoms with E-state index in [-0.39, 0.29) is 0 Å². The quantitative estimate of drug-likeness (QED) is 0.863. The van der Waals surface area contributed by atoms with Gasteiger partial charge in [-0.3, -0.25) is 0 Å². The molecule has 0 saturated carbocycles. The predicted octanol–water partition coefficient (Wildman–Crippen LogP) is 2.34. The van der Waals surface area contributed by atoms with Gasteiger partial charge in [-0.05, 0) is 48.1 Å². The van der Waals surface area contributed by atoms with Crippen molar-refractivity contribution in [2.75, 3.05) is 24.6 Å². The van der Waals surface area contributed by atoms with Gasteiger partial charge < -0.3 is 10.4 Å². The molecule has 1 aliphatic rings. The van der Waals surface area contributed by atoms with E-state index in [1.54, 1.807) is 0 Å². The first-order valence-electron chi connectivity index (χ1n) is 6.08. The van der Waals surface area contributed by atoms with Gasteiger partial charge in [-0.2, -0.15) is 11.8 Å². The molecule has 2 rings (SSSR count). The van der Waals surface area contributed by atoms with Crippen LogP contribution in [0.15, 0.2) is 18.2 Å². The SMILES string of the molecule is OC(CNCC1CCSC1)c1ccc(F)c(F)c1. The van der Waals surface area contributed by atoms with E-state index >= 15 is 0 Å². The van der Waals surface area contributed by atoms with E-state index in [4.69, 9.17) is 0 Å². The Kier molecular flexibility index (Phi) is 4.97. The maximum Gasteiger partial charge on any atom is 0.159 e. The third kappa shape index (κ3) is 3.67. The Balaban J connectivity index is 1.79. The van der Waals surface area contributed by atoms with Crippen LogP contribution in [0.1, 0.15) is 18.1 Å². The Morgan fingerprint density at radius 3 is 2.89 bits per heavy atom. The fourth-order valence-corrected chi connectivity index (χ4v) is 3.29. The molecule has 0 aromatic heterocycles. The van der Waals surface area contributed by atoms with E-state index in [1.165, 1.54) is 18.2 Å². The molecule has 0 aliphatic carbocycles. The van der Waals surface area contributed by atoms with E-state index in [9.17, 15) is 13.9 Å². The molecular formula is C13H17F2NOS. The van der Waals surface area contributed by atoms with Gasteiger partial charge in [-0.1, -0.05) is 6.07 Å². The summed E-state index contributed by atoms with van der Waals surface area (Å²) < 4.78 is 25.7. The Hall–Kier alpha value is -0.650. The molecule has 2 nitrogen and oxygen atoms in total. The smallest absolute Gasteiger partial charge is 0.159 e. The number of nitrogens with one attached hydrogen (secondary N) is 1. The Bertz CT molecular complexity index is 397. The lowest BCUT2D eigenvalue weighted by Crippen LogP contribution is -2.27. The Morgan fingerprint density at radius 1 is 1.39 bits per heavy atom. The number of rotatable bonds is 5. The summed E-state index contributed by atoms with van der Waals surface area (Å²) in [4.78, 5) is 0. The number of thioether (sulfide) groups is 1. The topological polar surface area (TPSA) is 32.3 Å². The molecular weight excluding hydrogens is 256 g/mol. The molecule has 1 aromatic carbocycles. The lowest BCUT2D eigenvalue weighted by atomic mass is 10.1. The second-order valence-electron chi connectivity index (χ2n) is 4.58. The zero-order valence-electron chi connectivity index (χ0n) is 10.0. The van der Waals surface area contributed by atoms with E-state index in [0.29, 0.717) is 18.0 Å². The average molecular weight is 273 g/mol. The summed E-state index contributed by atoms with van der Waals surface area (Å²) in [5.41, 5.74) is 0.405. The molecule has 0 amide bonds. The minimum atomic E-state index is -0.918. The van der Waals surface area contributed by atoms with Crippen LogP contribution >= 0.6 is 11.8 Å². The minimum absolute atomic E-state index is 0.367.